The first-order valence-corrected chi connectivity index (χ1v) is 9.94. The lowest BCUT2D eigenvalue weighted by molar-refractivity contribution is -0.384. The Morgan fingerprint density at radius 2 is 1.88 bits per heavy atom. The molecule has 0 aliphatic rings. The van der Waals surface area contributed by atoms with Crippen LogP contribution in [0.2, 0.25) is 5.02 Å². The van der Waals surface area contributed by atoms with Gasteiger partial charge in [-0.15, -0.1) is 0 Å². The molecule has 0 bridgehead atoms. The molecular weight excluding hydrogens is 440 g/mol. The first kappa shape index (κ1) is 24.7. The van der Waals surface area contributed by atoms with E-state index in [-0.39, 0.29) is 11.4 Å². The normalized spacial score (nSPS) is 10.7. The summed E-state index contributed by atoms with van der Waals surface area (Å²) in [5, 5.41) is 13.9. The fourth-order valence-electron chi connectivity index (χ4n) is 2.73. The Bertz CT molecular complexity index is 1070. The van der Waals surface area contributed by atoms with E-state index in [1.165, 1.54) is 25.3 Å². The predicted molar refractivity (Wildman–Crippen MR) is 120 cm³/mol. The largest absolute Gasteiger partial charge is 0.491 e. The van der Waals surface area contributed by atoms with Crippen LogP contribution in [0.15, 0.2) is 30.3 Å². The van der Waals surface area contributed by atoms with E-state index < -0.39 is 23.4 Å². The van der Waals surface area contributed by atoms with Gasteiger partial charge in [0, 0.05) is 12.1 Å². The van der Waals surface area contributed by atoms with Crippen molar-refractivity contribution in [2.24, 2.45) is 0 Å². The van der Waals surface area contributed by atoms with E-state index in [1.54, 1.807) is 26.0 Å². The topological polar surface area (TPSA) is 117 Å². The fourth-order valence-corrected chi connectivity index (χ4v) is 3.03. The standard InChI is InChI=1S/C22H23ClN2O7/c1-5-31-19-11-15(10-16(23)22(19)30-4)6-7-21(27)32-12-20(26)24-17-8-13(2)14(3)9-18(17)25(28)29/h6-11H,5,12H2,1-4H3,(H,24,26). The van der Waals surface area contributed by atoms with Gasteiger partial charge in [-0.3, -0.25) is 14.9 Å². The van der Waals surface area contributed by atoms with Gasteiger partial charge in [0.05, 0.1) is 23.7 Å². The van der Waals surface area contributed by atoms with Crippen molar-refractivity contribution in [3.8, 4) is 11.5 Å². The number of benzene rings is 2. The summed E-state index contributed by atoms with van der Waals surface area (Å²) in [5.74, 6) is -0.681. The monoisotopic (exact) mass is 462 g/mol. The lowest BCUT2D eigenvalue weighted by atomic mass is 10.1. The van der Waals surface area contributed by atoms with Crippen LogP contribution >= 0.6 is 11.6 Å². The van der Waals surface area contributed by atoms with Crippen molar-refractivity contribution in [3.63, 3.8) is 0 Å². The Hall–Kier alpha value is -3.59. The van der Waals surface area contributed by atoms with Crippen LogP contribution in [0.1, 0.15) is 23.6 Å². The molecule has 32 heavy (non-hydrogen) atoms. The molecule has 0 fully saturated rings. The summed E-state index contributed by atoms with van der Waals surface area (Å²) >= 11 is 6.17. The summed E-state index contributed by atoms with van der Waals surface area (Å²) in [6.07, 6.45) is 2.57. The van der Waals surface area contributed by atoms with Gasteiger partial charge in [0.25, 0.3) is 11.6 Å². The molecule has 0 atom stereocenters. The lowest BCUT2D eigenvalue weighted by Crippen LogP contribution is -2.20. The average molecular weight is 463 g/mol. The number of carbonyl (C=O) groups excluding carboxylic acids is 2. The molecule has 170 valence electrons. The Labute approximate surface area is 190 Å². The number of aryl methyl sites for hydroxylation is 2. The summed E-state index contributed by atoms with van der Waals surface area (Å²) in [7, 11) is 1.47. The number of esters is 1. The molecule has 0 aliphatic heterocycles. The molecule has 10 heteroatoms. The molecule has 0 heterocycles. The van der Waals surface area contributed by atoms with Gasteiger partial charge in [-0.1, -0.05) is 11.6 Å². The van der Waals surface area contributed by atoms with Crippen molar-refractivity contribution in [1.29, 1.82) is 0 Å². The first-order chi connectivity index (χ1) is 15.2. The van der Waals surface area contributed by atoms with E-state index >= 15 is 0 Å². The SMILES string of the molecule is CCOc1cc(C=CC(=O)OCC(=O)Nc2cc(C)c(C)cc2[N+](=O)[O-])cc(Cl)c1OC. The van der Waals surface area contributed by atoms with E-state index in [2.05, 4.69) is 5.32 Å². The Balaban J connectivity index is 2.02. The maximum Gasteiger partial charge on any atom is 0.331 e. The number of anilines is 1. The zero-order valence-corrected chi connectivity index (χ0v) is 18.8. The summed E-state index contributed by atoms with van der Waals surface area (Å²) in [6, 6.07) is 6.09. The van der Waals surface area contributed by atoms with Gasteiger partial charge in [0.1, 0.15) is 5.69 Å². The van der Waals surface area contributed by atoms with Crippen LogP contribution in [0.25, 0.3) is 6.08 Å². The van der Waals surface area contributed by atoms with Gasteiger partial charge in [0.15, 0.2) is 18.1 Å². The molecule has 0 unspecified atom stereocenters. The maximum absolute atomic E-state index is 12.1. The summed E-state index contributed by atoms with van der Waals surface area (Å²) < 4.78 is 15.6. The van der Waals surface area contributed by atoms with Crippen molar-refractivity contribution in [3.05, 3.63) is 62.2 Å². The number of methoxy groups -OCH3 is 1. The average Bonchev–Trinajstić information content (AvgIpc) is 2.73. The highest BCUT2D eigenvalue weighted by Crippen LogP contribution is 2.36. The summed E-state index contributed by atoms with van der Waals surface area (Å²) in [4.78, 5) is 34.7. The number of ether oxygens (including phenoxy) is 3. The van der Waals surface area contributed by atoms with Crippen molar-refractivity contribution < 1.29 is 28.7 Å². The molecule has 0 aromatic heterocycles. The lowest BCUT2D eigenvalue weighted by Gasteiger charge is -2.11. The van der Waals surface area contributed by atoms with Crippen LogP contribution in [-0.4, -0.2) is 37.1 Å². The third-order valence-corrected chi connectivity index (χ3v) is 4.66. The molecule has 9 nitrogen and oxygen atoms in total. The van der Waals surface area contributed by atoms with Gasteiger partial charge in [0.2, 0.25) is 0 Å². The highest BCUT2D eigenvalue weighted by Gasteiger charge is 2.18. The minimum atomic E-state index is -0.778. The number of hydrogen-bond acceptors (Lipinski definition) is 7. The Morgan fingerprint density at radius 3 is 2.50 bits per heavy atom. The van der Waals surface area contributed by atoms with Crippen molar-refractivity contribution in [2.75, 3.05) is 25.6 Å². The van der Waals surface area contributed by atoms with Gasteiger partial charge in [-0.05, 0) is 61.7 Å². The third-order valence-electron chi connectivity index (χ3n) is 4.38. The Morgan fingerprint density at radius 1 is 1.19 bits per heavy atom. The molecule has 0 saturated heterocycles. The second-order valence-corrected chi connectivity index (χ2v) is 7.07. The van der Waals surface area contributed by atoms with E-state index in [4.69, 9.17) is 25.8 Å². The number of halogens is 1. The number of amides is 1. The smallest absolute Gasteiger partial charge is 0.331 e. The van der Waals surface area contributed by atoms with Crippen molar-refractivity contribution >= 4 is 40.9 Å². The number of rotatable bonds is 9. The van der Waals surface area contributed by atoms with Crippen LogP contribution in [0.4, 0.5) is 11.4 Å². The number of hydrogen-bond donors (Lipinski definition) is 1. The minimum Gasteiger partial charge on any atom is -0.491 e. The second-order valence-electron chi connectivity index (χ2n) is 6.67. The molecule has 1 N–H and O–H groups in total. The highest BCUT2D eigenvalue weighted by atomic mass is 35.5. The van der Waals surface area contributed by atoms with E-state index in [0.29, 0.717) is 28.7 Å². The molecule has 2 aromatic carbocycles. The molecule has 0 radical (unpaired) electrons. The fraction of sp³-hybridized carbons (Fsp3) is 0.273. The summed E-state index contributed by atoms with van der Waals surface area (Å²) in [6.45, 7) is 5.10. The molecule has 0 aliphatic carbocycles. The number of nitrogens with zero attached hydrogens (tertiary/aromatic N) is 1. The maximum atomic E-state index is 12.1. The zero-order chi connectivity index (χ0) is 23.8. The zero-order valence-electron chi connectivity index (χ0n) is 18.1. The first-order valence-electron chi connectivity index (χ1n) is 9.56. The number of nitro groups is 1. The molecule has 2 rings (SSSR count). The van der Waals surface area contributed by atoms with E-state index in [9.17, 15) is 19.7 Å². The number of carbonyl (C=O) groups is 2. The molecule has 1 amide bonds. The highest BCUT2D eigenvalue weighted by molar-refractivity contribution is 6.32. The van der Waals surface area contributed by atoms with Crippen LogP contribution in [-0.2, 0) is 14.3 Å². The number of nitrogens with one attached hydrogen (secondary N) is 1. The van der Waals surface area contributed by atoms with E-state index in [0.717, 1.165) is 17.2 Å². The van der Waals surface area contributed by atoms with Crippen LogP contribution < -0.4 is 14.8 Å². The predicted octanol–water partition coefficient (Wildman–Crippen LogP) is 4.47. The quantitative estimate of drug-likeness (QED) is 0.253. The van der Waals surface area contributed by atoms with Gasteiger partial charge in [-0.25, -0.2) is 4.79 Å². The molecular formula is C22H23ClN2O7. The van der Waals surface area contributed by atoms with Crippen molar-refractivity contribution in [2.45, 2.75) is 20.8 Å². The second kappa shape index (κ2) is 11.1. The number of nitro benzene ring substituents is 1. The third kappa shape index (κ3) is 6.45. The molecule has 2 aromatic rings. The van der Waals surface area contributed by atoms with Crippen LogP contribution in [0.5, 0.6) is 11.5 Å². The summed E-state index contributed by atoms with van der Waals surface area (Å²) in [5.41, 5.74) is 1.85. The van der Waals surface area contributed by atoms with Crippen molar-refractivity contribution in [1.82, 2.24) is 0 Å². The van der Waals surface area contributed by atoms with Crippen LogP contribution in [0, 0.1) is 24.0 Å². The van der Waals surface area contributed by atoms with Gasteiger partial charge < -0.3 is 19.5 Å². The minimum absolute atomic E-state index is 0.0334. The van der Waals surface area contributed by atoms with Gasteiger partial charge in [-0.2, -0.15) is 0 Å². The Kier molecular flexibility index (Phi) is 8.60. The molecule has 0 saturated carbocycles. The molecule has 0 spiro atoms. The van der Waals surface area contributed by atoms with Gasteiger partial charge >= 0.3 is 5.97 Å². The van der Waals surface area contributed by atoms with Crippen LogP contribution in [0.3, 0.4) is 0 Å². The van der Waals surface area contributed by atoms with E-state index in [1.807, 2.05) is 6.92 Å².